The van der Waals surface area contributed by atoms with E-state index in [0.717, 1.165) is 24.1 Å². The minimum atomic E-state index is -0.598. The number of hydrogen-bond donors (Lipinski definition) is 1. The summed E-state index contributed by atoms with van der Waals surface area (Å²) >= 11 is 0. The zero-order valence-electron chi connectivity index (χ0n) is 17.3. The molecule has 3 heterocycles. The normalized spacial score (nSPS) is 14.8. The third-order valence-electron chi connectivity index (χ3n) is 5.71. The molecule has 0 unspecified atom stereocenters. The number of nitrogens with zero attached hydrogens (tertiary/aromatic N) is 3. The molecule has 1 aliphatic heterocycles. The SMILES string of the molecule is CCn1c(=O)[nH]c(=O)c2c(C(=O)N(C)Cc3ccc4c(c3)OCO4)cc(C3CC3)nc21. The molecule has 5 rings (SSSR count). The van der Waals surface area contributed by atoms with E-state index in [1.807, 2.05) is 18.2 Å². The van der Waals surface area contributed by atoms with Crippen LogP contribution in [0.25, 0.3) is 11.0 Å². The highest BCUT2D eigenvalue weighted by molar-refractivity contribution is 6.05. The second-order valence-corrected chi connectivity index (χ2v) is 7.92. The van der Waals surface area contributed by atoms with Gasteiger partial charge in [0.2, 0.25) is 6.79 Å². The molecule has 9 nitrogen and oxygen atoms in total. The number of H-pyrrole nitrogens is 1. The molecule has 1 fully saturated rings. The molecule has 1 amide bonds. The Morgan fingerprint density at radius 2 is 2.00 bits per heavy atom. The molecule has 31 heavy (non-hydrogen) atoms. The highest BCUT2D eigenvalue weighted by Crippen LogP contribution is 2.40. The van der Waals surface area contributed by atoms with Gasteiger partial charge in [-0.25, -0.2) is 9.78 Å². The van der Waals surface area contributed by atoms with Crippen molar-refractivity contribution in [3.63, 3.8) is 0 Å². The van der Waals surface area contributed by atoms with Crippen molar-refractivity contribution in [2.45, 2.75) is 38.8 Å². The molecule has 1 saturated carbocycles. The van der Waals surface area contributed by atoms with E-state index >= 15 is 0 Å². The summed E-state index contributed by atoms with van der Waals surface area (Å²) < 4.78 is 12.1. The summed E-state index contributed by atoms with van der Waals surface area (Å²) in [6.45, 7) is 2.65. The van der Waals surface area contributed by atoms with Crippen molar-refractivity contribution in [3.8, 4) is 11.5 Å². The summed E-state index contributed by atoms with van der Waals surface area (Å²) in [5.74, 6) is 1.27. The molecule has 2 aromatic heterocycles. The molecule has 1 aromatic carbocycles. The average molecular weight is 422 g/mol. The molecule has 0 radical (unpaired) electrons. The second-order valence-electron chi connectivity index (χ2n) is 7.92. The lowest BCUT2D eigenvalue weighted by atomic mass is 10.1. The number of carbonyl (C=O) groups is 1. The quantitative estimate of drug-likeness (QED) is 0.674. The van der Waals surface area contributed by atoms with Gasteiger partial charge in [0.15, 0.2) is 17.1 Å². The van der Waals surface area contributed by atoms with Crippen LogP contribution in [0.3, 0.4) is 0 Å². The fraction of sp³-hybridized carbons (Fsp3) is 0.364. The molecular formula is C22H22N4O5. The Balaban J connectivity index is 1.57. The van der Waals surface area contributed by atoms with Gasteiger partial charge in [-0.05, 0) is 43.5 Å². The lowest BCUT2D eigenvalue weighted by Crippen LogP contribution is -2.33. The van der Waals surface area contributed by atoms with Gasteiger partial charge in [-0.3, -0.25) is 19.1 Å². The molecular weight excluding hydrogens is 400 g/mol. The van der Waals surface area contributed by atoms with Crippen molar-refractivity contribution < 1.29 is 14.3 Å². The fourth-order valence-electron chi connectivity index (χ4n) is 3.93. The number of amides is 1. The first-order valence-corrected chi connectivity index (χ1v) is 10.3. The minimum absolute atomic E-state index is 0.147. The third-order valence-corrected chi connectivity index (χ3v) is 5.71. The van der Waals surface area contributed by atoms with Crippen LogP contribution < -0.4 is 20.7 Å². The van der Waals surface area contributed by atoms with Crippen LogP contribution in [0.4, 0.5) is 0 Å². The summed E-state index contributed by atoms with van der Waals surface area (Å²) in [6, 6.07) is 7.24. The van der Waals surface area contributed by atoms with Crippen LogP contribution in [0.15, 0.2) is 33.9 Å². The number of pyridine rings is 1. The van der Waals surface area contributed by atoms with Gasteiger partial charge in [0.05, 0.1) is 10.9 Å². The maximum atomic E-state index is 13.4. The highest BCUT2D eigenvalue weighted by Gasteiger charge is 2.29. The van der Waals surface area contributed by atoms with E-state index in [4.69, 9.17) is 9.47 Å². The van der Waals surface area contributed by atoms with Crippen LogP contribution in [0.5, 0.6) is 11.5 Å². The lowest BCUT2D eigenvalue weighted by Gasteiger charge is -2.19. The number of fused-ring (bicyclic) bond motifs is 2. The molecule has 160 valence electrons. The predicted molar refractivity (Wildman–Crippen MR) is 113 cm³/mol. The van der Waals surface area contributed by atoms with Crippen LogP contribution in [-0.2, 0) is 13.1 Å². The smallest absolute Gasteiger partial charge is 0.329 e. The van der Waals surface area contributed by atoms with E-state index in [1.165, 1.54) is 4.57 Å². The Labute approximate surface area is 177 Å². The van der Waals surface area contributed by atoms with Gasteiger partial charge in [-0.2, -0.15) is 0 Å². The molecule has 2 aliphatic rings. The summed E-state index contributed by atoms with van der Waals surface area (Å²) in [5.41, 5.74) is 1.03. The largest absolute Gasteiger partial charge is 0.454 e. The van der Waals surface area contributed by atoms with Gasteiger partial charge in [0.1, 0.15) is 0 Å². The second kappa shape index (κ2) is 7.26. The maximum Gasteiger partial charge on any atom is 0.329 e. The van der Waals surface area contributed by atoms with Gasteiger partial charge in [-0.15, -0.1) is 0 Å². The van der Waals surface area contributed by atoms with Gasteiger partial charge >= 0.3 is 5.69 Å². The standard InChI is InChI=1S/C22H22N4O5/c1-3-26-19-18(20(27)24-22(26)29)14(9-15(23-19)13-5-6-13)21(28)25(2)10-12-4-7-16-17(8-12)31-11-30-16/h4,7-9,13H,3,5-6,10-11H2,1-2H3,(H,24,27,29). The Hall–Kier alpha value is -3.62. The van der Waals surface area contributed by atoms with Crippen LogP contribution in [0.2, 0.25) is 0 Å². The Morgan fingerprint density at radius 3 is 2.74 bits per heavy atom. The molecule has 0 atom stereocenters. The average Bonchev–Trinajstić information content (AvgIpc) is 3.50. The van der Waals surface area contributed by atoms with Crippen molar-refractivity contribution in [2.75, 3.05) is 13.8 Å². The van der Waals surface area contributed by atoms with E-state index in [0.29, 0.717) is 24.6 Å². The van der Waals surface area contributed by atoms with Gasteiger partial charge in [-0.1, -0.05) is 6.07 Å². The van der Waals surface area contributed by atoms with E-state index in [-0.39, 0.29) is 35.2 Å². The highest BCUT2D eigenvalue weighted by atomic mass is 16.7. The molecule has 0 spiro atoms. The van der Waals surface area contributed by atoms with E-state index in [9.17, 15) is 14.4 Å². The molecule has 3 aromatic rings. The number of hydrogen-bond acceptors (Lipinski definition) is 6. The van der Waals surface area contributed by atoms with Crippen LogP contribution >= 0.6 is 0 Å². The zero-order chi connectivity index (χ0) is 21.7. The number of ether oxygens (including phenoxy) is 2. The molecule has 1 N–H and O–H groups in total. The van der Waals surface area contributed by atoms with Crippen LogP contribution in [-0.4, -0.2) is 39.2 Å². The van der Waals surface area contributed by atoms with E-state index in [1.54, 1.807) is 24.9 Å². The van der Waals surface area contributed by atoms with Crippen LogP contribution in [0, 0.1) is 0 Å². The van der Waals surface area contributed by atoms with E-state index in [2.05, 4.69) is 9.97 Å². The first-order chi connectivity index (χ1) is 15.0. The van der Waals surface area contributed by atoms with Crippen LogP contribution in [0.1, 0.15) is 47.3 Å². The summed E-state index contributed by atoms with van der Waals surface area (Å²) in [7, 11) is 1.68. The lowest BCUT2D eigenvalue weighted by molar-refractivity contribution is 0.0786. The monoisotopic (exact) mass is 422 g/mol. The summed E-state index contributed by atoms with van der Waals surface area (Å²) in [6.07, 6.45) is 1.97. The predicted octanol–water partition coefficient (Wildman–Crippen LogP) is 1.98. The van der Waals surface area contributed by atoms with E-state index < -0.39 is 11.2 Å². The number of aromatic amines is 1. The van der Waals surface area contributed by atoms with Gasteiger partial charge in [0.25, 0.3) is 11.5 Å². The minimum Gasteiger partial charge on any atom is -0.454 e. The zero-order valence-corrected chi connectivity index (χ0v) is 17.3. The maximum absolute atomic E-state index is 13.4. The number of nitrogens with one attached hydrogen (secondary N) is 1. The Morgan fingerprint density at radius 1 is 1.23 bits per heavy atom. The number of rotatable bonds is 5. The number of carbonyl (C=O) groups excluding carboxylic acids is 1. The number of benzene rings is 1. The Bertz CT molecular complexity index is 1320. The molecule has 1 aliphatic carbocycles. The van der Waals surface area contributed by atoms with Crippen molar-refractivity contribution >= 4 is 16.9 Å². The number of aryl methyl sites for hydroxylation is 1. The van der Waals surface area contributed by atoms with Crippen molar-refractivity contribution in [1.82, 2.24) is 19.4 Å². The molecule has 0 saturated heterocycles. The van der Waals surface area contributed by atoms with Gasteiger partial charge < -0.3 is 14.4 Å². The van der Waals surface area contributed by atoms with Crippen molar-refractivity contribution in [2.24, 2.45) is 0 Å². The molecule has 9 heteroatoms. The Kier molecular flexibility index (Phi) is 4.53. The summed E-state index contributed by atoms with van der Waals surface area (Å²) in [4.78, 5) is 46.9. The number of aromatic nitrogens is 3. The first-order valence-electron chi connectivity index (χ1n) is 10.3. The topological polar surface area (TPSA) is 107 Å². The summed E-state index contributed by atoms with van der Waals surface area (Å²) in [5, 5.41) is 0.147. The first kappa shape index (κ1) is 19.3. The van der Waals surface area contributed by atoms with Crippen molar-refractivity contribution in [3.05, 3.63) is 61.9 Å². The van der Waals surface area contributed by atoms with Crippen molar-refractivity contribution in [1.29, 1.82) is 0 Å². The molecule has 0 bridgehead atoms. The fourth-order valence-corrected chi connectivity index (χ4v) is 3.93. The van der Waals surface area contributed by atoms with Gasteiger partial charge in [0, 0.05) is 31.7 Å². The third kappa shape index (κ3) is 3.35.